The fraction of sp³-hybridized carbons (Fsp3) is 0.500. The summed E-state index contributed by atoms with van der Waals surface area (Å²) in [6.07, 6.45) is 0. The molecule has 0 spiro atoms. The molecular formula is C14H19FO2. The van der Waals surface area contributed by atoms with Crippen molar-refractivity contribution >= 4 is 5.97 Å². The zero-order valence-corrected chi connectivity index (χ0v) is 11.0. The number of carbonyl (C=O) groups excluding carboxylic acids is 1. The highest BCUT2D eigenvalue weighted by Gasteiger charge is 2.33. The Bertz CT molecular complexity index is 416. The van der Waals surface area contributed by atoms with Gasteiger partial charge in [-0.25, -0.2) is 4.39 Å². The molecule has 94 valence electrons. The van der Waals surface area contributed by atoms with Crippen LogP contribution in [-0.2, 0) is 15.1 Å². The summed E-state index contributed by atoms with van der Waals surface area (Å²) in [5, 5.41) is 0. The Labute approximate surface area is 102 Å². The molecule has 0 unspecified atom stereocenters. The first-order valence-electron chi connectivity index (χ1n) is 5.63. The van der Waals surface area contributed by atoms with Gasteiger partial charge in [0.1, 0.15) is 11.4 Å². The van der Waals surface area contributed by atoms with Gasteiger partial charge in [-0.15, -0.1) is 0 Å². The SMILES string of the molecule is CC(C)(C)C(=O)OC(C)(C)c1ccccc1F. The lowest BCUT2D eigenvalue weighted by Crippen LogP contribution is -2.33. The van der Waals surface area contributed by atoms with Crippen LogP contribution in [0, 0.1) is 11.2 Å². The molecule has 0 amide bonds. The summed E-state index contributed by atoms with van der Waals surface area (Å²) >= 11 is 0. The monoisotopic (exact) mass is 238 g/mol. The van der Waals surface area contributed by atoms with E-state index in [9.17, 15) is 9.18 Å². The van der Waals surface area contributed by atoms with E-state index in [4.69, 9.17) is 4.74 Å². The molecule has 17 heavy (non-hydrogen) atoms. The van der Waals surface area contributed by atoms with Crippen LogP contribution in [0.3, 0.4) is 0 Å². The predicted octanol–water partition coefficient (Wildman–Crippen LogP) is 3.65. The Morgan fingerprint density at radius 3 is 2.12 bits per heavy atom. The smallest absolute Gasteiger partial charge is 0.312 e. The molecule has 0 saturated heterocycles. The Morgan fingerprint density at radius 2 is 1.65 bits per heavy atom. The van der Waals surface area contributed by atoms with Crippen molar-refractivity contribution in [3.8, 4) is 0 Å². The number of hydrogen-bond acceptors (Lipinski definition) is 2. The molecule has 0 aliphatic rings. The maximum absolute atomic E-state index is 13.6. The lowest BCUT2D eigenvalue weighted by atomic mass is 9.94. The minimum Gasteiger partial charge on any atom is -0.454 e. The second-order valence-electron chi connectivity index (χ2n) is 5.63. The second kappa shape index (κ2) is 4.47. The molecule has 1 aromatic carbocycles. The molecule has 0 fully saturated rings. The molecule has 3 heteroatoms. The third-order valence-corrected chi connectivity index (χ3v) is 2.48. The molecule has 0 atom stereocenters. The molecule has 1 aromatic rings. The number of esters is 1. The molecule has 0 saturated carbocycles. The summed E-state index contributed by atoms with van der Waals surface area (Å²) < 4.78 is 19.0. The van der Waals surface area contributed by atoms with Gasteiger partial charge in [-0.2, -0.15) is 0 Å². The molecule has 0 radical (unpaired) electrons. The maximum atomic E-state index is 13.6. The lowest BCUT2D eigenvalue weighted by Gasteiger charge is -2.29. The van der Waals surface area contributed by atoms with Crippen LogP contribution in [0.5, 0.6) is 0 Å². The van der Waals surface area contributed by atoms with Crippen molar-refractivity contribution in [3.05, 3.63) is 35.6 Å². The Hall–Kier alpha value is -1.38. The number of benzene rings is 1. The first-order chi connectivity index (χ1) is 7.64. The van der Waals surface area contributed by atoms with Crippen molar-refractivity contribution in [2.75, 3.05) is 0 Å². The molecule has 0 aliphatic heterocycles. The molecule has 0 aliphatic carbocycles. The largest absolute Gasteiger partial charge is 0.454 e. The fourth-order valence-corrected chi connectivity index (χ4v) is 1.39. The zero-order chi connectivity index (χ0) is 13.3. The first-order valence-corrected chi connectivity index (χ1v) is 5.63. The van der Waals surface area contributed by atoms with E-state index in [1.54, 1.807) is 52.8 Å². The van der Waals surface area contributed by atoms with Crippen molar-refractivity contribution in [1.82, 2.24) is 0 Å². The Morgan fingerprint density at radius 1 is 1.12 bits per heavy atom. The summed E-state index contributed by atoms with van der Waals surface area (Å²) in [6, 6.07) is 6.33. The van der Waals surface area contributed by atoms with Crippen LogP contribution >= 0.6 is 0 Å². The Kier molecular flexibility index (Phi) is 3.60. The highest BCUT2D eigenvalue weighted by Crippen LogP contribution is 2.30. The molecule has 2 nitrogen and oxygen atoms in total. The van der Waals surface area contributed by atoms with Crippen molar-refractivity contribution in [3.63, 3.8) is 0 Å². The standard InChI is InChI=1S/C14H19FO2/c1-13(2,3)12(16)17-14(4,5)10-8-6-7-9-11(10)15/h6-9H,1-5H3. The van der Waals surface area contributed by atoms with Crippen molar-refractivity contribution < 1.29 is 13.9 Å². The first kappa shape index (κ1) is 13.7. The van der Waals surface area contributed by atoms with Gasteiger partial charge >= 0.3 is 5.97 Å². The predicted molar refractivity (Wildman–Crippen MR) is 65.0 cm³/mol. The van der Waals surface area contributed by atoms with Gasteiger partial charge in [-0.3, -0.25) is 4.79 Å². The van der Waals surface area contributed by atoms with E-state index >= 15 is 0 Å². The van der Waals surface area contributed by atoms with E-state index in [1.165, 1.54) is 6.07 Å². The molecule has 0 aromatic heterocycles. The number of halogens is 1. The van der Waals surface area contributed by atoms with E-state index in [0.29, 0.717) is 5.56 Å². The number of carbonyl (C=O) groups is 1. The average molecular weight is 238 g/mol. The summed E-state index contributed by atoms with van der Waals surface area (Å²) in [7, 11) is 0. The van der Waals surface area contributed by atoms with Crippen LogP contribution in [0.25, 0.3) is 0 Å². The summed E-state index contributed by atoms with van der Waals surface area (Å²) in [5.41, 5.74) is -1.17. The van der Waals surface area contributed by atoms with Crippen LogP contribution in [0.15, 0.2) is 24.3 Å². The van der Waals surface area contributed by atoms with Gasteiger partial charge in [0.25, 0.3) is 0 Å². The third kappa shape index (κ3) is 3.29. The summed E-state index contributed by atoms with van der Waals surface area (Å²) in [6.45, 7) is 8.69. The summed E-state index contributed by atoms with van der Waals surface area (Å²) in [4.78, 5) is 11.8. The van der Waals surface area contributed by atoms with Gasteiger partial charge in [0.15, 0.2) is 0 Å². The average Bonchev–Trinajstić information content (AvgIpc) is 2.15. The minimum absolute atomic E-state index is 0.342. The van der Waals surface area contributed by atoms with Crippen molar-refractivity contribution in [1.29, 1.82) is 0 Å². The van der Waals surface area contributed by atoms with E-state index in [2.05, 4.69) is 0 Å². The molecule has 0 heterocycles. The van der Waals surface area contributed by atoms with Gasteiger partial charge in [0, 0.05) is 5.56 Å². The quantitative estimate of drug-likeness (QED) is 0.735. The van der Waals surface area contributed by atoms with Gasteiger partial charge in [-0.1, -0.05) is 18.2 Å². The van der Waals surface area contributed by atoms with Crippen LogP contribution in [0.4, 0.5) is 4.39 Å². The lowest BCUT2D eigenvalue weighted by molar-refractivity contribution is -0.167. The highest BCUT2D eigenvalue weighted by atomic mass is 19.1. The normalized spacial score (nSPS) is 12.4. The third-order valence-electron chi connectivity index (χ3n) is 2.48. The summed E-state index contributed by atoms with van der Waals surface area (Å²) in [5.74, 6) is -0.704. The number of rotatable bonds is 2. The number of ether oxygens (including phenoxy) is 1. The highest BCUT2D eigenvalue weighted by molar-refractivity contribution is 5.75. The molecule has 0 N–H and O–H groups in total. The van der Waals surface area contributed by atoms with Gasteiger partial charge in [0.05, 0.1) is 5.41 Å². The van der Waals surface area contributed by atoms with Crippen molar-refractivity contribution in [2.45, 2.75) is 40.2 Å². The van der Waals surface area contributed by atoms with Gasteiger partial charge in [-0.05, 0) is 40.7 Å². The van der Waals surface area contributed by atoms with Crippen LogP contribution in [0.2, 0.25) is 0 Å². The number of hydrogen-bond donors (Lipinski definition) is 0. The van der Waals surface area contributed by atoms with E-state index in [-0.39, 0.29) is 11.8 Å². The molecule has 0 bridgehead atoms. The topological polar surface area (TPSA) is 26.3 Å². The van der Waals surface area contributed by atoms with Crippen molar-refractivity contribution in [2.24, 2.45) is 5.41 Å². The van der Waals surface area contributed by atoms with Crippen LogP contribution < -0.4 is 0 Å². The Balaban J connectivity index is 2.97. The van der Waals surface area contributed by atoms with Crippen LogP contribution in [0.1, 0.15) is 40.2 Å². The maximum Gasteiger partial charge on any atom is 0.312 e. The van der Waals surface area contributed by atoms with E-state index < -0.39 is 11.0 Å². The van der Waals surface area contributed by atoms with Gasteiger partial charge < -0.3 is 4.74 Å². The zero-order valence-electron chi connectivity index (χ0n) is 11.0. The molecular weight excluding hydrogens is 219 g/mol. The fourth-order valence-electron chi connectivity index (χ4n) is 1.39. The minimum atomic E-state index is -0.963. The molecule has 1 rings (SSSR count). The van der Waals surface area contributed by atoms with E-state index in [0.717, 1.165) is 0 Å². The van der Waals surface area contributed by atoms with Crippen LogP contribution in [-0.4, -0.2) is 5.97 Å². The van der Waals surface area contributed by atoms with Gasteiger partial charge in [0.2, 0.25) is 0 Å². The second-order valence-corrected chi connectivity index (χ2v) is 5.63. The van der Waals surface area contributed by atoms with E-state index in [1.807, 2.05) is 0 Å².